The summed E-state index contributed by atoms with van der Waals surface area (Å²) in [7, 11) is 0. The van der Waals surface area contributed by atoms with Crippen molar-refractivity contribution in [3.63, 3.8) is 0 Å². The topological polar surface area (TPSA) is 46.5 Å². The van der Waals surface area contributed by atoms with E-state index in [1.807, 2.05) is 0 Å². The number of esters is 1. The molecule has 1 rings (SSSR count). The maximum Gasteiger partial charge on any atom is 0.339 e. The van der Waals surface area contributed by atoms with Crippen LogP contribution < -0.4 is 0 Å². The fraction of sp³-hybridized carbons (Fsp3) is 0.364. The standard InChI is InChI=1S/C11H13ClO3/c1-3-15-11(14)10(13)9-5-4-8(12)6-7(9)2/h4-6,10,13H,3H2,1-2H3. The Bertz CT molecular complexity index is 363. The summed E-state index contributed by atoms with van der Waals surface area (Å²) in [5.41, 5.74) is 1.29. The summed E-state index contributed by atoms with van der Waals surface area (Å²) in [4.78, 5) is 11.3. The molecule has 1 N–H and O–H groups in total. The van der Waals surface area contributed by atoms with Gasteiger partial charge >= 0.3 is 5.97 Å². The summed E-state index contributed by atoms with van der Waals surface area (Å²) in [6, 6.07) is 4.95. The Labute approximate surface area is 93.6 Å². The van der Waals surface area contributed by atoms with Gasteiger partial charge in [-0.3, -0.25) is 0 Å². The van der Waals surface area contributed by atoms with Crippen LogP contribution >= 0.6 is 11.6 Å². The molecule has 0 spiro atoms. The quantitative estimate of drug-likeness (QED) is 0.808. The predicted molar refractivity (Wildman–Crippen MR) is 57.8 cm³/mol. The van der Waals surface area contributed by atoms with Gasteiger partial charge in [-0.15, -0.1) is 0 Å². The Morgan fingerprint density at radius 2 is 2.27 bits per heavy atom. The number of hydrogen-bond acceptors (Lipinski definition) is 3. The number of hydrogen-bond donors (Lipinski definition) is 1. The fourth-order valence-electron chi connectivity index (χ4n) is 1.29. The lowest BCUT2D eigenvalue weighted by atomic mass is 10.0. The highest BCUT2D eigenvalue weighted by molar-refractivity contribution is 6.30. The van der Waals surface area contributed by atoms with Crippen molar-refractivity contribution in [2.75, 3.05) is 6.61 Å². The van der Waals surface area contributed by atoms with Gasteiger partial charge in [-0.05, 0) is 37.1 Å². The first-order chi connectivity index (χ1) is 7.06. The maximum atomic E-state index is 11.3. The largest absolute Gasteiger partial charge is 0.464 e. The van der Waals surface area contributed by atoms with Crippen molar-refractivity contribution >= 4 is 17.6 Å². The molecule has 0 saturated carbocycles. The zero-order chi connectivity index (χ0) is 11.4. The minimum absolute atomic E-state index is 0.253. The average Bonchev–Trinajstić information content (AvgIpc) is 2.17. The third-order valence-corrected chi connectivity index (χ3v) is 2.27. The van der Waals surface area contributed by atoms with Gasteiger partial charge in [0, 0.05) is 5.02 Å². The molecule has 0 radical (unpaired) electrons. The van der Waals surface area contributed by atoms with E-state index in [2.05, 4.69) is 0 Å². The van der Waals surface area contributed by atoms with Crippen molar-refractivity contribution in [1.82, 2.24) is 0 Å². The van der Waals surface area contributed by atoms with Gasteiger partial charge in [0.25, 0.3) is 0 Å². The van der Waals surface area contributed by atoms with Crippen molar-refractivity contribution in [1.29, 1.82) is 0 Å². The number of carbonyl (C=O) groups is 1. The first-order valence-corrected chi connectivity index (χ1v) is 5.04. The Hall–Kier alpha value is -1.06. The normalized spacial score (nSPS) is 12.3. The lowest BCUT2D eigenvalue weighted by molar-refractivity contribution is -0.153. The predicted octanol–water partition coefficient (Wildman–Crippen LogP) is 2.24. The van der Waals surface area contributed by atoms with E-state index in [1.54, 1.807) is 32.0 Å². The number of carbonyl (C=O) groups excluding carboxylic acids is 1. The Morgan fingerprint density at radius 3 is 2.80 bits per heavy atom. The highest BCUT2D eigenvalue weighted by Gasteiger charge is 2.20. The molecule has 1 aromatic carbocycles. The highest BCUT2D eigenvalue weighted by atomic mass is 35.5. The van der Waals surface area contributed by atoms with Gasteiger partial charge < -0.3 is 9.84 Å². The van der Waals surface area contributed by atoms with E-state index in [0.717, 1.165) is 5.56 Å². The lowest BCUT2D eigenvalue weighted by Crippen LogP contribution is -2.16. The third kappa shape index (κ3) is 2.94. The molecule has 0 aromatic heterocycles. The minimum atomic E-state index is -1.23. The van der Waals surface area contributed by atoms with Crippen molar-refractivity contribution in [2.24, 2.45) is 0 Å². The second-order valence-electron chi connectivity index (χ2n) is 3.16. The molecule has 4 heteroatoms. The van der Waals surface area contributed by atoms with Gasteiger partial charge in [-0.2, -0.15) is 0 Å². The zero-order valence-electron chi connectivity index (χ0n) is 8.66. The van der Waals surface area contributed by atoms with Gasteiger partial charge in [0.15, 0.2) is 6.10 Å². The highest BCUT2D eigenvalue weighted by Crippen LogP contribution is 2.22. The zero-order valence-corrected chi connectivity index (χ0v) is 9.41. The second kappa shape index (κ2) is 5.14. The summed E-state index contributed by atoms with van der Waals surface area (Å²) in [6.07, 6.45) is -1.23. The molecule has 0 aliphatic rings. The summed E-state index contributed by atoms with van der Waals surface area (Å²) < 4.78 is 4.72. The van der Waals surface area contributed by atoms with E-state index in [9.17, 15) is 9.90 Å². The van der Waals surface area contributed by atoms with Crippen LogP contribution in [0, 0.1) is 6.92 Å². The van der Waals surface area contributed by atoms with E-state index in [1.165, 1.54) is 0 Å². The number of aliphatic hydroxyl groups is 1. The first kappa shape index (κ1) is 12.0. The van der Waals surface area contributed by atoms with E-state index < -0.39 is 12.1 Å². The summed E-state index contributed by atoms with van der Waals surface area (Å²) in [5, 5.41) is 10.3. The van der Waals surface area contributed by atoms with Crippen molar-refractivity contribution in [2.45, 2.75) is 20.0 Å². The number of aryl methyl sites for hydroxylation is 1. The second-order valence-corrected chi connectivity index (χ2v) is 3.59. The number of benzene rings is 1. The number of halogens is 1. The molecule has 0 aliphatic carbocycles. The molecule has 0 fully saturated rings. The number of aliphatic hydroxyl groups excluding tert-OH is 1. The van der Waals surface area contributed by atoms with E-state index in [0.29, 0.717) is 10.6 Å². The van der Waals surface area contributed by atoms with E-state index in [4.69, 9.17) is 16.3 Å². The van der Waals surface area contributed by atoms with E-state index in [-0.39, 0.29) is 6.61 Å². The van der Waals surface area contributed by atoms with Crippen LogP contribution in [-0.4, -0.2) is 17.7 Å². The molecule has 3 nitrogen and oxygen atoms in total. The van der Waals surface area contributed by atoms with Gasteiger partial charge in [-0.25, -0.2) is 4.79 Å². The van der Waals surface area contributed by atoms with Crippen LogP contribution in [0.5, 0.6) is 0 Å². The SMILES string of the molecule is CCOC(=O)C(O)c1ccc(Cl)cc1C. The molecule has 0 bridgehead atoms. The Balaban J connectivity index is 2.91. The maximum absolute atomic E-state index is 11.3. The van der Waals surface area contributed by atoms with Crippen LogP contribution in [-0.2, 0) is 9.53 Å². The smallest absolute Gasteiger partial charge is 0.339 e. The number of ether oxygens (including phenoxy) is 1. The molecule has 0 saturated heterocycles. The molecule has 82 valence electrons. The van der Waals surface area contributed by atoms with Gasteiger partial charge in [0.2, 0.25) is 0 Å². The Kier molecular flexibility index (Phi) is 4.12. The summed E-state index contributed by atoms with van der Waals surface area (Å²) >= 11 is 5.76. The molecule has 15 heavy (non-hydrogen) atoms. The third-order valence-electron chi connectivity index (χ3n) is 2.04. The molecular weight excluding hydrogens is 216 g/mol. The monoisotopic (exact) mass is 228 g/mol. The van der Waals surface area contributed by atoms with Crippen molar-refractivity contribution < 1.29 is 14.6 Å². The van der Waals surface area contributed by atoms with Crippen LogP contribution in [0.15, 0.2) is 18.2 Å². The van der Waals surface area contributed by atoms with Gasteiger partial charge in [-0.1, -0.05) is 17.7 Å². The minimum Gasteiger partial charge on any atom is -0.464 e. The lowest BCUT2D eigenvalue weighted by Gasteiger charge is -2.12. The average molecular weight is 229 g/mol. The molecule has 1 aromatic rings. The van der Waals surface area contributed by atoms with Gasteiger partial charge in [0.1, 0.15) is 0 Å². The molecule has 1 unspecified atom stereocenters. The molecule has 0 aliphatic heterocycles. The van der Waals surface area contributed by atoms with Gasteiger partial charge in [0.05, 0.1) is 6.61 Å². The summed E-state index contributed by atoms with van der Waals surface area (Å²) in [5.74, 6) is -0.636. The molecule has 0 amide bonds. The van der Waals surface area contributed by atoms with E-state index >= 15 is 0 Å². The first-order valence-electron chi connectivity index (χ1n) is 4.67. The van der Waals surface area contributed by atoms with Crippen LogP contribution in [0.25, 0.3) is 0 Å². The van der Waals surface area contributed by atoms with Crippen molar-refractivity contribution in [3.8, 4) is 0 Å². The molecule has 1 atom stereocenters. The fourth-order valence-corrected chi connectivity index (χ4v) is 1.52. The molecular formula is C11H13ClO3. The number of rotatable bonds is 3. The molecule has 0 heterocycles. The van der Waals surface area contributed by atoms with Crippen LogP contribution in [0.1, 0.15) is 24.2 Å². The Morgan fingerprint density at radius 1 is 1.60 bits per heavy atom. The van der Waals surface area contributed by atoms with Crippen LogP contribution in [0.4, 0.5) is 0 Å². The van der Waals surface area contributed by atoms with Crippen LogP contribution in [0.2, 0.25) is 5.02 Å². The van der Waals surface area contributed by atoms with Crippen molar-refractivity contribution in [3.05, 3.63) is 34.3 Å². The summed E-state index contributed by atoms with van der Waals surface area (Å²) in [6.45, 7) is 3.73. The van der Waals surface area contributed by atoms with Crippen LogP contribution in [0.3, 0.4) is 0 Å².